The number of hydrogen-bond acceptors (Lipinski definition) is 3. The summed E-state index contributed by atoms with van der Waals surface area (Å²) in [6.07, 6.45) is 5.38. The molecule has 120 valence electrons. The Hall–Kier alpha value is -1.10. The Kier molecular flexibility index (Phi) is 4.71. The third kappa shape index (κ3) is 3.14. The van der Waals surface area contributed by atoms with Gasteiger partial charge >= 0.3 is 0 Å². The van der Waals surface area contributed by atoms with Crippen molar-refractivity contribution < 1.29 is 9.53 Å². The molecule has 2 fully saturated rings. The quantitative estimate of drug-likeness (QED) is 0.896. The third-order valence-corrected chi connectivity index (χ3v) is 5.09. The minimum absolute atomic E-state index is 0.0152. The average molecular weight is 323 g/mol. The lowest BCUT2D eigenvalue weighted by atomic mass is 9.87. The maximum Gasteiger partial charge on any atom is 0.249 e. The van der Waals surface area contributed by atoms with Gasteiger partial charge in [0.25, 0.3) is 0 Å². The minimum Gasteiger partial charge on any atom is -0.364 e. The van der Waals surface area contributed by atoms with Crippen molar-refractivity contribution in [3.05, 3.63) is 34.9 Å². The molecular weight excluding hydrogens is 300 g/mol. The van der Waals surface area contributed by atoms with Crippen LogP contribution >= 0.6 is 11.6 Å². The van der Waals surface area contributed by atoms with Gasteiger partial charge in [0.1, 0.15) is 6.10 Å². The SMILES string of the molecule is NC[C@H]1CC[C@@H](C(=O)NC2(c3cccc(Cl)c3)CCCC2)O1. The number of nitrogens with two attached hydrogens (primary N) is 1. The number of amides is 1. The molecule has 1 aliphatic carbocycles. The molecule has 3 N–H and O–H groups in total. The van der Waals surface area contributed by atoms with Gasteiger partial charge in [-0.05, 0) is 43.4 Å². The van der Waals surface area contributed by atoms with Crippen LogP contribution in [0.5, 0.6) is 0 Å². The summed E-state index contributed by atoms with van der Waals surface area (Å²) in [5, 5.41) is 3.97. The van der Waals surface area contributed by atoms with Gasteiger partial charge in [-0.15, -0.1) is 0 Å². The highest BCUT2D eigenvalue weighted by atomic mass is 35.5. The molecule has 0 radical (unpaired) electrons. The zero-order valence-electron chi connectivity index (χ0n) is 12.7. The van der Waals surface area contributed by atoms with Crippen LogP contribution in [0.25, 0.3) is 0 Å². The number of ether oxygens (including phenoxy) is 1. The second kappa shape index (κ2) is 6.57. The lowest BCUT2D eigenvalue weighted by Gasteiger charge is -2.32. The third-order valence-electron chi connectivity index (χ3n) is 4.86. The minimum atomic E-state index is -0.370. The van der Waals surface area contributed by atoms with Crippen LogP contribution in [0, 0.1) is 0 Å². The van der Waals surface area contributed by atoms with Crippen molar-refractivity contribution in [2.75, 3.05) is 6.54 Å². The van der Waals surface area contributed by atoms with Gasteiger partial charge in [0.2, 0.25) is 5.91 Å². The summed E-state index contributed by atoms with van der Waals surface area (Å²) in [5.41, 5.74) is 6.42. The molecule has 0 spiro atoms. The zero-order valence-corrected chi connectivity index (χ0v) is 13.4. The van der Waals surface area contributed by atoms with Crippen molar-refractivity contribution in [3.63, 3.8) is 0 Å². The van der Waals surface area contributed by atoms with Crippen molar-refractivity contribution in [1.29, 1.82) is 0 Å². The molecule has 2 aliphatic rings. The van der Waals surface area contributed by atoms with E-state index in [2.05, 4.69) is 11.4 Å². The van der Waals surface area contributed by atoms with Crippen LogP contribution in [0.4, 0.5) is 0 Å². The fourth-order valence-electron chi connectivity index (χ4n) is 3.64. The molecule has 0 aromatic heterocycles. The predicted octanol–water partition coefficient (Wildman–Crippen LogP) is 2.73. The maximum atomic E-state index is 12.6. The van der Waals surface area contributed by atoms with Crippen LogP contribution in [0.3, 0.4) is 0 Å². The van der Waals surface area contributed by atoms with Crippen molar-refractivity contribution in [2.24, 2.45) is 5.73 Å². The monoisotopic (exact) mass is 322 g/mol. The summed E-state index contributed by atoms with van der Waals surface area (Å²) in [7, 11) is 0. The Morgan fingerprint density at radius 1 is 1.36 bits per heavy atom. The second-order valence-electron chi connectivity index (χ2n) is 6.35. The van der Waals surface area contributed by atoms with E-state index in [0.717, 1.165) is 44.1 Å². The van der Waals surface area contributed by atoms with Crippen molar-refractivity contribution in [3.8, 4) is 0 Å². The van der Waals surface area contributed by atoms with Crippen molar-refractivity contribution >= 4 is 17.5 Å². The molecule has 1 aromatic carbocycles. The average Bonchev–Trinajstić information content (AvgIpc) is 3.17. The smallest absolute Gasteiger partial charge is 0.249 e. The lowest BCUT2D eigenvalue weighted by Crippen LogP contribution is -2.48. The van der Waals surface area contributed by atoms with Crippen LogP contribution < -0.4 is 11.1 Å². The number of rotatable bonds is 4. The van der Waals surface area contributed by atoms with Crippen molar-refractivity contribution in [2.45, 2.75) is 56.3 Å². The first-order valence-electron chi connectivity index (χ1n) is 8.06. The van der Waals surface area contributed by atoms with E-state index in [-0.39, 0.29) is 23.7 Å². The molecule has 1 aliphatic heterocycles. The molecule has 3 rings (SSSR count). The van der Waals surface area contributed by atoms with E-state index >= 15 is 0 Å². The van der Waals surface area contributed by atoms with Gasteiger partial charge in [-0.25, -0.2) is 0 Å². The summed E-state index contributed by atoms with van der Waals surface area (Å²) in [5.74, 6) is -0.0159. The molecule has 22 heavy (non-hydrogen) atoms. The molecule has 1 heterocycles. The Morgan fingerprint density at radius 3 is 2.77 bits per heavy atom. The van der Waals surface area contributed by atoms with E-state index < -0.39 is 0 Å². The molecule has 4 nitrogen and oxygen atoms in total. The van der Waals surface area contributed by atoms with E-state index in [0.29, 0.717) is 11.6 Å². The van der Waals surface area contributed by atoms with E-state index in [9.17, 15) is 4.79 Å². The zero-order chi connectivity index (χ0) is 15.6. The number of benzene rings is 1. The van der Waals surface area contributed by atoms with E-state index in [1.807, 2.05) is 18.2 Å². The van der Waals surface area contributed by atoms with Gasteiger partial charge in [0, 0.05) is 11.6 Å². The topological polar surface area (TPSA) is 64.4 Å². The normalized spacial score (nSPS) is 27.0. The molecule has 1 amide bonds. The number of nitrogens with one attached hydrogen (secondary N) is 1. The number of halogens is 1. The number of carbonyl (C=O) groups excluding carboxylic acids is 1. The Balaban J connectivity index is 1.76. The Labute approximate surface area is 136 Å². The number of carbonyl (C=O) groups is 1. The summed E-state index contributed by atoms with van der Waals surface area (Å²) >= 11 is 6.14. The molecule has 5 heteroatoms. The first kappa shape index (κ1) is 15.8. The van der Waals surface area contributed by atoms with Crippen molar-refractivity contribution in [1.82, 2.24) is 5.32 Å². The Morgan fingerprint density at radius 2 is 2.14 bits per heavy atom. The van der Waals surface area contributed by atoms with Crippen LogP contribution in [-0.4, -0.2) is 24.7 Å². The first-order chi connectivity index (χ1) is 10.6. The molecule has 0 unspecified atom stereocenters. The standard InChI is InChI=1S/C17H23ClN2O2/c18-13-5-3-4-12(10-13)17(8-1-2-9-17)20-16(21)15-7-6-14(11-19)22-15/h3-5,10,14-15H,1-2,6-9,11,19H2,(H,20,21)/t14-,15+/m1/s1. The first-order valence-corrected chi connectivity index (χ1v) is 8.44. The molecule has 0 bridgehead atoms. The summed E-state index contributed by atoms with van der Waals surface area (Å²) < 4.78 is 5.72. The van der Waals surface area contributed by atoms with Gasteiger partial charge in [-0.3, -0.25) is 4.79 Å². The fourth-order valence-corrected chi connectivity index (χ4v) is 3.83. The largest absolute Gasteiger partial charge is 0.364 e. The molecule has 1 saturated heterocycles. The highest BCUT2D eigenvalue weighted by molar-refractivity contribution is 6.30. The van der Waals surface area contributed by atoms with Gasteiger partial charge in [-0.1, -0.05) is 36.6 Å². The van der Waals surface area contributed by atoms with Gasteiger partial charge < -0.3 is 15.8 Å². The van der Waals surface area contributed by atoms with E-state index in [1.54, 1.807) is 0 Å². The van der Waals surface area contributed by atoms with Crippen LogP contribution in [0.15, 0.2) is 24.3 Å². The van der Waals surface area contributed by atoms with Crippen LogP contribution in [0.2, 0.25) is 5.02 Å². The highest BCUT2D eigenvalue weighted by Crippen LogP contribution is 2.40. The highest BCUT2D eigenvalue weighted by Gasteiger charge is 2.40. The second-order valence-corrected chi connectivity index (χ2v) is 6.79. The Bertz CT molecular complexity index is 543. The summed E-state index contributed by atoms with van der Waals surface area (Å²) in [6.45, 7) is 0.475. The predicted molar refractivity (Wildman–Crippen MR) is 86.7 cm³/mol. The fraction of sp³-hybridized carbons (Fsp3) is 0.588. The molecule has 1 saturated carbocycles. The van der Waals surface area contributed by atoms with E-state index in [1.165, 1.54) is 0 Å². The summed E-state index contributed by atoms with van der Waals surface area (Å²) in [4.78, 5) is 12.6. The molecule has 2 atom stereocenters. The molecular formula is C17H23ClN2O2. The van der Waals surface area contributed by atoms with Crippen LogP contribution in [0.1, 0.15) is 44.1 Å². The maximum absolute atomic E-state index is 12.6. The van der Waals surface area contributed by atoms with Gasteiger partial charge in [0.05, 0.1) is 11.6 Å². The van der Waals surface area contributed by atoms with Crippen LogP contribution in [-0.2, 0) is 15.1 Å². The van der Waals surface area contributed by atoms with Gasteiger partial charge in [0.15, 0.2) is 0 Å². The van der Waals surface area contributed by atoms with E-state index in [4.69, 9.17) is 22.1 Å². The molecule has 1 aromatic rings. The van der Waals surface area contributed by atoms with Gasteiger partial charge in [-0.2, -0.15) is 0 Å². The summed E-state index contributed by atoms with van der Waals surface area (Å²) in [6, 6.07) is 7.82. The lowest BCUT2D eigenvalue weighted by molar-refractivity contribution is -0.134. The number of hydrogen-bond donors (Lipinski definition) is 2.